The largest absolute Gasteiger partial charge is 0.479 e. The molecule has 1 unspecified atom stereocenters. The number of amides is 1. The molecule has 108 valence electrons. The van der Waals surface area contributed by atoms with Crippen LogP contribution in [0.5, 0.6) is 0 Å². The van der Waals surface area contributed by atoms with Crippen LogP contribution >= 0.6 is 11.3 Å². The molecule has 2 aromatic rings. The Bertz CT molecular complexity index is 710. The van der Waals surface area contributed by atoms with E-state index in [9.17, 15) is 14.7 Å². The summed E-state index contributed by atoms with van der Waals surface area (Å²) in [5, 5.41) is 12.0. The van der Waals surface area contributed by atoms with Crippen LogP contribution < -0.4 is 0 Å². The van der Waals surface area contributed by atoms with Gasteiger partial charge in [0.2, 0.25) is 0 Å². The standard InChI is InChI=1S/C15H14N2O3S/c1-9-16-12(8-21-9)14(18)17-7-6-10-4-2-3-5-11(10)13(17)15(19)20/h2-5,8,13H,6-7H2,1H3,(H,19,20). The number of nitrogens with zero attached hydrogens (tertiary/aromatic N) is 2. The van der Waals surface area contributed by atoms with Crippen molar-refractivity contribution in [2.24, 2.45) is 0 Å². The maximum absolute atomic E-state index is 12.5. The van der Waals surface area contributed by atoms with Crippen LogP contribution in [0.2, 0.25) is 0 Å². The number of aromatic nitrogens is 1. The SMILES string of the molecule is Cc1nc(C(=O)N2CCc3ccccc3C2C(=O)O)cs1. The average molecular weight is 302 g/mol. The summed E-state index contributed by atoms with van der Waals surface area (Å²) in [6, 6.07) is 6.44. The van der Waals surface area contributed by atoms with Gasteiger partial charge in [0.25, 0.3) is 5.91 Å². The molecular formula is C15H14N2O3S. The van der Waals surface area contributed by atoms with Gasteiger partial charge in [-0.1, -0.05) is 24.3 Å². The zero-order chi connectivity index (χ0) is 15.0. The summed E-state index contributed by atoms with van der Waals surface area (Å²) in [4.78, 5) is 29.8. The minimum atomic E-state index is -1.01. The molecule has 1 aliphatic heterocycles. The van der Waals surface area contributed by atoms with Crippen LogP contribution in [0.3, 0.4) is 0 Å². The van der Waals surface area contributed by atoms with E-state index in [1.54, 1.807) is 17.5 Å². The molecule has 1 atom stereocenters. The van der Waals surface area contributed by atoms with Gasteiger partial charge in [0, 0.05) is 11.9 Å². The van der Waals surface area contributed by atoms with E-state index < -0.39 is 12.0 Å². The molecule has 1 aliphatic rings. The Morgan fingerprint density at radius 1 is 1.38 bits per heavy atom. The highest BCUT2D eigenvalue weighted by Gasteiger charge is 2.36. The summed E-state index contributed by atoms with van der Waals surface area (Å²) < 4.78 is 0. The lowest BCUT2D eigenvalue weighted by Gasteiger charge is -2.34. The highest BCUT2D eigenvalue weighted by molar-refractivity contribution is 7.09. The first-order valence-electron chi connectivity index (χ1n) is 6.61. The molecule has 0 radical (unpaired) electrons. The molecule has 1 amide bonds. The number of carbonyl (C=O) groups is 2. The van der Waals surface area contributed by atoms with Crippen molar-refractivity contribution in [1.29, 1.82) is 0 Å². The Labute approximate surface area is 125 Å². The minimum absolute atomic E-state index is 0.318. The van der Waals surface area contributed by atoms with Crippen LogP contribution in [0, 0.1) is 6.92 Å². The summed E-state index contributed by atoms with van der Waals surface area (Å²) in [5.41, 5.74) is 2.00. The molecule has 6 heteroatoms. The molecule has 1 N–H and O–H groups in total. The van der Waals surface area contributed by atoms with Crippen molar-refractivity contribution >= 4 is 23.2 Å². The first-order valence-corrected chi connectivity index (χ1v) is 7.49. The zero-order valence-electron chi connectivity index (χ0n) is 11.4. The number of carboxylic acid groups (broad SMARTS) is 1. The number of carboxylic acids is 1. The van der Waals surface area contributed by atoms with Gasteiger partial charge in [-0.25, -0.2) is 9.78 Å². The Morgan fingerprint density at radius 3 is 2.81 bits per heavy atom. The predicted octanol–water partition coefficient (Wildman–Crippen LogP) is 2.28. The third-order valence-corrected chi connectivity index (χ3v) is 4.39. The molecule has 0 saturated carbocycles. The van der Waals surface area contributed by atoms with E-state index in [-0.39, 0.29) is 5.91 Å². The molecule has 0 bridgehead atoms. The van der Waals surface area contributed by atoms with Crippen molar-refractivity contribution in [1.82, 2.24) is 9.88 Å². The van der Waals surface area contributed by atoms with Crippen LogP contribution in [0.4, 0.5) is 0 Å². The number of benzene rings is 1. The van der Waals surface area contributed by atoms with Gasteiger partial charge in [-0.05, 0) is 24.5 Å². The number of thiazole rings is 1. The molecule has 2 heterocycles. The summed E-state index contributed by atoms with van der Waals surface area (Å²) in [5.74, 6) is -1.33. The second-order valence-electron chi connectivity index (χ2n) is 4.94. The molecule has 0 spiro atoms. The molecule has 1 aromatic heterocycles. The summed E-state index contributed by atoms with van der Waals surface area (Å²) in [6.45, 7) is 2.21. The van der Waals surface area contributed by atoms with Crippen molar-refractivity contribution < 1.29 is 14.7 Å². The van der Waals surface area contributed by atoms with Crippen LogP contribution in [0.15, 0.2) is 29.6 Å². The van der Waals surface area contributed by atoms with Crippen molar-refractivity contribution in [2.45, 2.75) is 19.4 Å². The van der Waals surface area contributed by atoms with E-state index in [0.717, 1.165) is 10.6 Å². The van der Waals surface area contributed by atoms with Gasteiger partial charge < -0.3 is 10.0 Å². The summed E-state index contributed by atoms with van der Waals surface area (Å²) in [6.07, 6.45) is 0.662. The second kappa shape index (κ2) is 5.29. The highest BCUT2D eigenvalue weighted by Crippen LogP contribution is 2.31. The number of hydrogen-bond acceptors (Lipinski definition) is 4. The van der Waals surface area contributed by atoms with Crippen LogP contribution in [0.25, 0.3) is 0 Å². The molecule has 0 saturated heterocycles. The first kappa shape index (κ1) is 13.8. The average Bonchev–Trinajstić information content (AvgIpc) is 2.91. The fourth-order valence-electron chi connectivity index (χ4n) is 2.66. The maximum atomic E-state index is 12.5. The molecular weight excluding hydrogens is 288 g/mol. The normalized spacial score (nSPS) is 17.4. The van der Waals surface area contributed by atoms with E-state index >= 15 is 0 Å². The third-order valence-electron chi connectivity index (χ3n) is 3.62. The van der Waals surface area contributed by atoms with Crippen LogP contribution in [-0.2, 0) is 11.2 Å². The number of carbonyl (C=O) groups excluding carboxylic acids is 1. The quantitative estimate of drug-likeness (QED) is 0.924. The van der Waals surface area contributed by atoms with Crippen molar-refractivity contribution in [3.63, 3.8) is 0 Å². The lowest BCUT2D eigenvalue weighted by molar-refractivity contribution is -0.143. The van der Waals surface area contributed by atoms with E-state index in [1.165, 1.54) is 16.2 Å². The molecule has 5 nitrogen and oxygen atoms in total. The Morgan fingerprint density at radius 2 is 2.14 bits per heavy atom. The van der Waals surface area contributed by atoms with Crippen molar-refractivity contribution in [3.8, 4) is 0 Å². The van der Waals surface area contributed by atoms with Crippen molar-refractivity contribution in [3.05, 3.63) is 51.5 Å². The highest BCUT2D eigenvalue weighted by atomic mass is 32.1. The van der Waals surface area contributed by atoms with Gasteiger partial charge in [-0.15, -0.1) is 11.3 Å². The fourth-order valence-corrected chi connectivity index (χ4v) is 3.25. The zero-order valence-corrected chi connectivity index (χ0v) is 12.3. The number of aliphatic carboxylic acids is 1. The van der Waals surface area contributed by atoms with E-state index in [1.807, 2.05) is 19.1 Å². The molecule has 1 aromatic carbocycles. The maximum Gasteiger partial charge on any atom is 0.331 e. The van der Waals surface area contributed by atoms with Crippen molar-refractivity contribution in [2.75, 3.05) is 6.54 Å². The van der Waals surface area contributed by atoms with E-state index in [4.69, 9.17) is 0 Å². The Balaban J connectivity index is 1.99. The van der Waals surface area contributed by atoms with Gasteiger partial charge in [0.15, 0.2) is 6.04 Å². The lowest BCUT2D eigenvalue weighted by atomic mass is 9.92. The Kier molecular flexibility index (Phi) is 3.47. The summed E-state index contributed by atoms with van der Waals surface area (Å²) >= 11 is 1.39. The molecule has 0 aliphatic carbocycles. The van der Waals surface area contributed by atoms with Crippen LogP contribution in [-0.4, -0.2) is 33.4 Å². The topological polar surface area (TPSA) is 70.5 Å². The minimum Gasteiger partial charge on any atom is -0.479 e. The van der Waals surface area contributed by atoms with E-state index in [0.29, 0.717) is 24.2 Å². The van der Waals surface area contributed by atoms with Gasteiger partial charge in [-0.3, -0.25) is 4.79 Å². The molecule has 21 heavy (non-hydrogen) atoms. The smallest absolute Gasteiger partial charge is 0.331 e. The molecule has 3 rings (SSSR count). The monoisotopic (exact) mass is 302 g/mol. The van der Waals surface area contributed by atoms with E-state index in [2.05, 4.69) is 4.98 Å². The lowest BCUT2D eigenvalue weighted by Crippen LogP contribution is -2.43. The second-order valence-corrected chi connectivity index (χ2v) is 6.00. The summed E-state index contributed by atoms with van der Waals surface area (Å²) in [7, 11) is 0. The third kappa shape index (κ3) is 2.42. The fraction of sp³-hybridized carbons (Fsp3) is 0.267. The molecule has 0 fully saturated rings. The number of rotatable bonds is 2. The van der Waals surface area contributed by atoms with Crippen LogP contribution in [0.1, 0.15) is 32.7 Å². The first-order chi connectivity index (χ1) is 10.1. The number of aryl methyl sites for hydroxylation is 1. The predicted molar refractivity (Wildman–Crippen MR) is 78.4 cm³/mol. The van der Waals surface area contributed by atoms with Gasteiger partial charge >= 0.3 is 5.97 Å². The van der Waals surface area contributed by atoms with Gasteiger partial charge in [0.1, 0.15) is 5.69 Å². The van der Waals surface area contributed by atoms with Gasteiger partial charge in [0.05, 0.1) is 5.01 Å². The van der Waals surface area contributed by atoms with Gasteiger partial charge in [-0.2, -0.15) is 0 Å². The number of hydrogen-bond donors (Lipinski definition) is 1. The number of fused-ring (bicyclic) bond motifs is 1. The Hall–Kier alpha value is -2.21.